The fourth-order valence-corrected chi connectivity index (χ4v) is 1.69. The molecule has 0 bridgehead atoms. The average Bonchev–Trinajstić information content (AvgIpc) is 2.48. The standard InChI is InChI=1S/C14H12N2O4/c1-2-20-14(17)13-8-4-7-12(15-13)10-5-3-6-11(9-10)16(18)19/h3-9H,2H2,1H3. The maximum Gasteiger partial charge on any atom is 0.356 e. The lowest BCUT2D eigenvalue weighted by Gasteiger charge is -2.04. The molecule has 0 unspecified atom stereocenters. The van der Waals surface area contributed by atoms with Gasteiger partial charge in [-0.1, -0.05) is 18.2 Å². The maximum absolute atomic E-state index is 11.6. The summed E-state index contributed by atoms with van der Waals surface area (Å²) >= 11 is 0. The van der Waals surface area contributed by atoms with Crippen molar-refractivity contribution in [2.24, 2.45) is 0 Å². The van der Waals surface area contributed by atoms with Crippen molar-refractivity contribution in [3.05, 3.63) is 58.3 Å². The van der Waals surface area contributed by atoms with Crippen LogP contribution in [-0.2, 0) is 4.74 Å². The maximum atomic E-state index is 11.6. The Morgan fingerprint density at radius 2 is 2.05 bits per heavy atom. The van der Waals surface area contributed by atoms with Crippen LogP contribution in [0.5, 0.6) is 0 Å². The minimum absolute atomic E-state index is 0.0224. The molecule has 2 aromatic rings. The zero-order valence-corrected chi connectivity index (χ0v) is 10.8. The molecule has 0 saturated carbocycles. The minimum Gasteiger partial charge on any atom is -0.461 e. The van der Waals surface area contributed by atoms with E-state index < -0.39 is 10.9 Å². The number of ether oxygens (including phenoxy) is 1. The summed E-state index contributed by atoms with van der Waals surface area (Å²) in [5.74, 6) is -0.514. The van der Waals surface area contributed by atoms with Gasteiger partial charge in [-0.2, -0.15) is 0 Å². The molecule has 0 atom stereocenters. The Morgan fingerprint density at radius 1 is 1.30 bits per heavy atom. The summed E-state index contributed by atoms with van der Waals surface area (Å²) < 4.78 is 4.87. The normalized spacial score (nSPS) is 10.1. The van der Waals surface area contributed by atoms with Crippen LogP contribution in [0.3, 0.4) is 0 Å². The number of carbonyl (C=O) groups is 1. The van der Waals surface area contributed by atoms with E-state index in [4.69, 9.17) is 4.74 Å². The van der Waals surface area contributed by atoms with E-state index in [0.29, 0.717) is 11.3 Å². The van der Waals surface area contributed by atoms with Gasteiger partial charge in [0.25, 0.3) is 5.69 Å². The van der Waals surface area contributed by atoms with Crippen LogP contribution in [0.2, 0.25) is 0 Å². The van der Waals surface area contributed by atoms with E-state index in [-0.39, 0.29) is 18.0 Å². The Hall–Kier alpha value is -2.76. The zero-order chi connectivity index (χ0) is 14.5. The van der Waals surface area contributed by atoms with Gasteiger partial charge in [0.1, 0.15) is 5.69 Å². The monoisotopic (exact) mass is 272 g/mol. The van der Waals surface area contributed by atoms with Crippen LogP contribution in [0.1, 0.15) is 17.4 Å². The van der Waals surface area contributed by atoms with E-state index in [9.17, 15) is 14.9 Å². The molecule has 0 aliphatic heterocycles. The molecule has 0 fully saturated rings. The second-order valence-electron chi connectivity index (χ2n) is 3.94. The van der Waals surface area contributed by atoms with Gasteiger partial charge in [-0.25, -0.2) is 9.78 Å². The number of nitro benzene ring substituents is 1. The smallest absolute Gasteiger partial charge is 0.356 e. The number of hydrogen-bond acceptors (Lipinski definition) is 5. The average molecular weight is 272 g/mol. The predicted molar refractivity (Wildman–Crippen MR) is 72.3 cm³/mol. The Labute approximate surface area is 115 Å². The number of carbonyl (C=O) groups excluding carboxylic acids is 1. The molecule has 0 spiro atoms. The summed E-state index contributed by atoms with van der Waals surface area (Å²) in [6.45, 7) is 1.98. The molecule has 6 nitrogen and oxygen atoms in total. The van der Waals surface area contributed by atoms with Gasteiger partial charge in [0.15, 0.2) is 0 Å². The number of non-ortho nitro benzene ring substituents is 1. The van der Waals surface area contributed by atoms with Gasteiger partial charge in [-0.3, -0.25) is 10.1 Å². The molecule has 102 valence electrons. The van der Waals surface area contributed by atoms with Crippen LogP contribution >= 0.6 is 0 Å². The SMILES string of the molecule is CCOC(=O)c1cccc(-c2cccc([N+](=O)[O-])c2)n1. The lowest BCUT2D eigenvalue weighted by Crippen LogP contribution is -2.07. The topological polar surface area (TPSA) is 82.3 Å². The van der Waals surface area contributed by atoms with Crippen molar-refractivity contribution in [2.75, 3.05) is 6.61 Å². The lowest BCUT2D eigenvalue weighted by atomic mass is 10.1. The number of hydrogen-bond donors (Lipinski definition) is 0. The number of nitro groups is 1. The van der Waals surface area contributed by atoms with E-state index >= 15 is 0 Å². The molecule has 0 N–H and O–H groups in total. The Bertz CT molecular complexity index is 655. The fraction of sp³-hybridized carbons (Fsp3) is 0.143. The summed E-state index contributed by atoms with van der Waals surface area (Å²) in [4.78, 5) is 26.1. The van der Waals surface area contributed by atoms with Crippen molar-refractivity contribution in [1.82, 2.24) is 4.98 Å². The second kappa shape index (κ2) is 5.92. The number of esters is 1. The van der Waals surface area contributed by atoms with E-state index in [1.807, 2.05) is 0 Å². The third-order valence-corrected chi connectivity index (χ3v) is 2.59. The van der Waals surface area contributed by atoms with Gasteiger partial charge in [-0.05, 0) is 19.1 Å². The molecule has 0 aliphatic rings. The fourth-order valence-electron chi connectivity index (χ4n) is 1.69. The van der Waals surface area contributed by atoms with Gasteiger partial charge < -0.3 is 4.74 Å². The highest BCUT2D eigenvalue weighted by molar-refractivity contribution is 5.88. The van der Waals surface area contributed by atoms with Crippen LogP contribution in [0.25, 0.3) is 11.3 Å². The summed E-state index contributed by atoms with van der Waals surface area (Å²) in [6, 6.07) is 11.0. The van der Waals surface area contributed by atoms with Crippen molar-refractivity contribution in [2.45, 2.75) is 6.92 Å². The van der Waals surface area contributed by atoms with Gasteiger partial charge >= 0.3 is 5.97 Å². The molecular weight excluding hydrogens is 260 g/mol. The highest BCUT2D eigenvalue weighted by Gasteiger charge is 2.11. The molecule has 20 heavy (non-hydrogen) atoms. The number of rotatable bonds is 4. The van der Waals surface area contributed by atoms with Crippen molar-refractivity contribution >= 4 is 11.7 Å². The first-order valence-corrected chi connectivity index (χ1v) is 6.01. The van der Waals surface area contributed by atoms with Crippen molar-refractivity contribution in [1.29, 1.82) is 0 Å². The first-order valence-electron chi connectivity index (χ1n) is 6.01. The number of aromatic nitrogens is 1. The van der Waals surface area contributed by atoms with Crippen molar-refractivity contribution < 1.29 is 14.5 Å². The predicted octanol–water partition coefficient (Wildman–Crippen LogP) is 2.83. The summed E-state index contributed by atoms with van der Waals surface area (Å²) in [7, 11) is 0. The summed E-state index contributed by atoms with van der Waals surface area (Å²) in [5, 5.41) is 10.8. The number of benzene rings is 1. The van der Waals surface area contributed by atoms with E-state index in [0.717, 1.165) is 0 Å². The van der Waals surface area contributed by atoms with Crippen LogP contribution < -0.4 is 0 Å². The molecule has 6 heteroatoms. The molecule has 1 aromatic carbocycles. The Kier molecular flexibility index (Phi) is 4.05. The van der Waals surface area contributed by atoms with Gasteiger partial charge in [0.2, 0.25) is 0 Å². The summed E-state index contributed by atoms with van der Waals surface area (Å²) in [6.07, 6.45) is 0. The third-order valence-electron chi connectivity index (χ3n) is 2.59. The largest absolute Gasteiger partial charge is 0.461 e. The molecule has 0 saturated heterocycles. The zero-order valence-electron chi connectivity index (χ0n) is 10.8. The second-order valence-corrected chi connectivity index (χ2v) is 3.94. The van der Waals surface area contributed by atoms with Crippen LogP contribution in [0.4, 0.5) is 5.69 Å². The van der Waals surface area contributed by atoms with E-state index in [2.05, 4.69) is 4.98 Å². The van der Waals surface area contributed by atoms with Crippen molar-refractivity contribution in [3.63, 3.8) is 0 Å². The highest BCUT2D eigenvalue weighted by atomic mass is 16.6. The van der Waals surface area contributed by atoms with Crippen LogP contribution in [0.15, 0.2) is 42.5 Å². The minimum atomic E-state index is -0.514. The van der Waals surface area contributed by atoms with Crippen LogP contribution in [-0.4, -0.2) is 22.5 Å². The third kappa shape index (κ3) is 2.97. The molecule has 1 aromatic heterocycles. The first kappa shape index (κ1) is 13.7. The number of nitrogens with zero attached hydrogens (tertiary/aromatic N) is 2. The molecule has 0 aliphatic carbocycles. The van der Waals surface area contributed by atoms with E-state index in [1.165, 1.54) is 12.1 Å². The van der Waals surface area contributed by atoms with Gasteiger partial charge in [0, 0.05) is 17.7 Å². The van der Waals surface area contributed by atoms with Gasteiger partial charge in [0.05, 0.1) is 17.2 Å². The van der Waals surface area contributed by atoms with Crippen molar-refractivity contribution in [3.8, 4) is 11.3 Å². The van der Waals surface area contributed by atoms with Gasteiger partial charge in [-0.15, -0.1) is 0 Å². The number of pyridine rings is 1. The lowest BCUT2D eigenvalue weighted by molar-refractivity contribution is -0.384. The Morgan fingerprint density at radius 3 is 2.75 bits per heavy atom. The molecule has 0 radical (unpaired) electrons. The molecular formula is C14H12N2O4. The van der Waals surface area contributed by atoms with E-state index in [1.54, 1.807) is 37.3 Å². The van der Waals surface area contributed by atoms with Crippen LogP contribution in [0, 0.1) is 10.1 Å². The molecule has 0 amide bonds. The molecule has 2 rings (SSSR count). The molecule has 1 heterocycles. The first-order chi connectivity index (χ1) is 9.61. The highest BCUT2D eigenvalue weighted by Crippen LogP contribution is 2.22. The quantitative estimate of drug-likeness (QED) is 0.485. The Balaban J connectivity index is 2.38. The summed E-state index contributed by atoms with van der Waals surface area (Å²) in [5.41, 5.74) is 1.21.